The molecule has 1 aliphatic heterocycles. The number of allylic oxidation sites excluding steroid dienone is 1. The predicted octanol–water partition coefficient (Wildman–Crippen LogP) is 4.01. The fourth-order valence-corrected chi connectivity index (χ4v) is 5.02. The maximum absolute atomic E-state index is 13.5. The van der Waals surface area contributed by atoms with Gasteiger partial charge >= 0.3 is 5.97 Å². The van der Waals surface area contributed by atoms with Crippen LogP contribution in [0.4, 0.5) is 5.69 Å². The number of nitro benzene ring substituents is 1. The van der Waals surface area contributed by atoms with Crippen molar-refractivity contribution in [3.05, 3.63) is 105 Å². The highest BCUT2D eigenvalue weighted by Crippen LogP contribution is 2.32. The highest BCUT2D eigenvalue weighted by atomic mass is 35.5. The number of carbonyl (C=O) groups is 1. The van der Waals surface area contributed by atoms with E-state index in [0.29, 0.717) is 36.2 Å². The van der Waals surface area contributed by atoms with Gasteiger partial charge in [-0.2, -0.15) is 0 Å². The van der Waals surface area contributed by atoms with E-state index in [1.807, 2.05) is 0 Å². The molecule has 1 atom stereocenters. The minimum atomic E-state index is -0.939. The summed E-state index contributed by atoms with van der Waals surface area (Å²) >= 11 is 13.2. The largest absolute Gasteiger partial charge is 0.463 e. The number of thiazole rings is 1. The van der Waals surface area contributed by atoms with Crippen molar-refractivity contribution >= 4 is 52.3 Å². The van der Waals surface area contributed by atoms with Crippen molar-refractivity contribution in [2.45, 2.75) is 19.9 Å². The second-order valence-corrected chi connectivity index (χ2v) is 9.15. The molecule has 174 valence electrons. The van der Waals surface area contributed by atoms with Gasteiger partial charge < -0.3 is 4.74 Å². The Balaban J connectivity index is 1.97. The molecule has 1 aliphatic rings. The minimum Gasteiger partial charge on any atom is -0.463 e. The van der Waals surface area contributed by atoms with E-state index in [0.717, 1.165) is 11.3 Å². The zero-order valence-electron chi connectivity index (χ0n) is 18.0. The summed E-state index contributed by atoms with van der Waals surface area (Å²) in [6.07, 6.45) is 1.65. The van der Waals surface area contributed by atoms with Crippen molar-refractivity contribution in [2.24, 2.45) is 4.99 Å². The van der Waals surface area contributed by atoms with E-state index in [1.54, 1.807) is 44.2 Å². The first-order valence-electron chi connectivity index (χ1n) is 10.1. The first kappa shape index (κ1) is 23.9. The van der Waals surface area contributed by atoms with Gasteiger partial charge in [-0.25, -0.2) is 9.79 Å². The molecule has 11 heteroatoms. The molecule has 2 heterocycles. The number of nitro groups is 1. The number of ether oxygens (including phenoxy) is 1. The number of esters is 1. The smallest absolute Gasteiger partial charge is 0.338 e. The van der Waals surface area contributed by atoms with Gasteiger partial charge in [-0.05, 0) is 43.2 Å². The number of carbonyl (C=O) groups excluding carboxylic acids is 1. The topological polar surface area (TPSA) is 104 Å². The number of hydrogen-bond acceptors (Lipinski definition) is 7. The lowest BCUT2D eigenvalue weighted by Gasteiger charge is -2.24. The van der Waals surface area contributed by atoms with Crippen molar-refractivity contribution < 1.29 is 14.5 Å². The van der Waals surface area contributed by atoms with Crippen LogP contribution in [0.15, 0.2) is 63.5 Å². The minimum absolute atomic E-state index is 0.124. The molecule has 0 amide bonds. The molecule has 4 rings (SSSR count). The van der Waals surface area contributed by atoms with Gasteiger partial charge in [0.15, 0.2) is 4.80 Å². The van der Waals surface area contributed by atoms with Crippen LogP contribution in [0.1, 0.15) is 31.0 Å². The van der Waals surface area contributed by atoms with Crippen LogP contribution in [0, 0.1) is 10.1 Å². The first-order chi connectivity index (χ1) is 16.2. The summed E-state index contributed by atoms with van der Waals surface area (Å²) in [6.45, 7) is 3.44. The van der Waals surface area contributed by atoms with Crippen molar-refractivity contribution in [1.82, 2.24) is 4.57 Å². The SMILES string of the molecule is CCOC(=O)C1=C(C)N=c2s/c(=C/c3ccc(Cl)c(Cl)c3)c(=O)n2[C@@H]1c1cccc([N+](=O)[O-])c1. The van der Waals surface area contributed by atoms with Gasteiger partial charge in [-0.3, -0.25) is 19.5 Å². The average Bonchev–Trinajstić information content (AvgIpc) is 3.10. The van der Waals surface area contributed by atoms with Gasteiger partial charge in [0, 0.05) is 12.1 Å². The fourth-order valence-electron chi connectivity index (χ4n) is 3.67. The lowest BCUT2D eigenvalue weighted by molar-refractivity contribution is -0.384. The van der Waals surface area contributed by atoms with Crippen molar-refractivity contribution in [3.8, 4) is 0 Å². The van der Waals surface area contributed by atoms with Crippen molar-refractivity contribution in [3.63, 3.8) is 0 Å². The summed E-state index contributed by atoms with van der Waals surface area (Å²) in [6, 6.07) is 9.88. The molecule has 0 bridgehead atoms. The highest BCUT2D eigenvalue weighted by Gasteiger charge is 2.34. The summed E-state index contributed by atoms with van der Waals surface area (Å²) in [5, 5.41) is 12.1. The first-order valence-corrected chi connectivity index (χ1v) is 11.7. The molecule has 1 aromatic heterocycles. The van der Waals surface area contributed by atoms with Gasteiger partial charge in [0.05, 0.1) is 43.4 Å². The van der Waals surface area contributed by atoms with Gasteiger partial charge in [-0.1, -0.05) is 52.7 Å². The van der Waals surface area contributed by atoms with Crippen LogP contribution in [0.2, 0.25) is 10.0 Å². The van der Waals surface area contributed by atoms with Crippen molar-refractivity contribution in [1.29, 1.82) is 0 Å². The summed E-state index contributed by atoms with van der Waals surface area (Å²) in [4.78, 5) is 42.1. The molecule has 0 radical (unpaired) electrons. The molecule has 0 spiro atoms. The second-order valence-electron chi connectivity index (χ2n) is 7.33. The monoisotopic (exact) mass is 517 g/mol. The molecule has 3 aromatic rings. The molecular formula is C23H17Cl2N3O5S. The number of nitrogens with zero attached hydrogens (tertiary/aromatic N) is 3. The number of non-ortho nitro benzene ring substituents is 1. The summed E-state index contributed by atoms with van der Waals surface area (Å²) < 4.78 is 6.95. The predicted molar refractivity (Wildman–Crippen MR) is 130 cm³/mol. The highest BCUT2D eigenvalue weighted by molar-refractivity contribution is 7.07. The van der Waals surface area contributed by atoms with E-state index in [1.165, 1.54) is 22.8 Å². The summed E-state index contributed by atoms with van der Waals surface area (Å²) in [7, 11) is 0. The Morgan fingerprint density at radius 3 is 2.71 bits per heavy atom. The number of rotatable bonds is 5. The van der Waals surface area contributed by atoms with Crippen LogP contribution < -0.4 is 14.9 Å². The molecule has 2 aromatic carbocycles. The Kier molecular flexibility index (Phi) is 6.70. The van der Waals surface area contributed by atoms with Crippen LogP contribution in [-0.2, 0) is 9.53 Å². The molecule has 34 heavy (non-hydrogen) atoms. The number of aromatic nitrogens is 1. The van der Waals surface area contributed by atoms with Crippen LogP contribution in [0.3, 0.4) is 0 Å². The molecule has 0 aliphatic carbocycles. The Labute approximate surface area is 207 Å². The third kappa shape index (κ3) is 4.42. The maximum atomic E-state index is 13.5. The van der Waals surface area contributed by atoms with E-state index in [4.69, 9.17) is 27.9 Å². The lowest BCUT2D eigenvalue weighted by atomic mass is 9.95. The molecule has 0 saturated carbocycles. The fraction of sp³-hybridized carbons (Fsp3) is 0.174. The molecule has 0 fully saturated rings. The third-order valence-corrected chi connectivity index (χ3v) is 6.88. The number of benzene rings is 2. The molecule has 0 unspecified atom stereocenters. The van der Waals surface area contributed by atoms with Crippen LogP contribution in [0.5, 0.6) is 0 Å². The number of hydrogen-bond donors (Lipinski definition) is 0. The summed E-state index contributed by atoms with van der Waals surface area (Å²) in [5.74, 6) is -0.640. The van der Waals surface area contributed by atoms with E-state index < -0.39 is 22.5 Å². The molecule has 0 N–H and O–H groups in total. The average molecular weight is 518 g/mol. The van der Waals surface area contributed by atoms with E-state index in [9.17, 15) is 19.7 Å². The van der Waals surface area contributed by atoms with Crippen molar-refractivity contribution in [2.75, 3.05) is 6.61 Å². The van der Waals surface area contributed by atoms with E-state index in [-0.39, 0.29) is 17.9 Å². The Morgan fingerprint density at radius 2 is 2.03 bits per heavy atom. The van der Waals surface area contributed by atoms with Gasteiger partial charge in [0.2, 0.25) is 0 Å². The molecule has 0 saturated heterocycles. The van der Waals surface area contributed by atoms with Crippen LogP contribution in [0.25, 0.3) is 6.08 Å². The second kappa shape index (κ2) is 9.54. The lowest BCUT2D eigenvalue weighted by Crippen LogP contribution is -2.40. The normalized spacial score (nSPS) is 15.6. The number of halogens is 2. The zero-order chi connectivity index (χ0) is 24.6. The Morgan fingerprint density at radius 1 is 1.26 bits per heavy atom. The number of fused-ring (bicyclic) bond motifs is 1. The van der Waals surface area contributed by atoms with Gasteiger partial charge in [0.25, 0.3) is 11.2 Å². The van der Waals surface area contributed by atoms with E-state index in [2.05, 4.69) is 4.99 Å². The van der Waals surface area contributed by atoms with Gasteiger partial charge in [-0.15, -0.1) is 0 Å². The van der Waals surface area contributed by atoms with Crippen LogP contribution in [-0.4, -0.2) is 22.1 Å². The Hall–Kier alpha value is -3.27. The maximum Gasteiger partial charge on any atom is 0.338 e. The molecule has 8 nitrogen and oxygen atoms in total. The third-order valence-electron chi connectivity index (χ3n) is 5.16. The van der Waals surface area contributed by atoms with Crippen LogP contribution >= 0.6 is 34.5 Å². The Bertz CT molecular complexity index is 1540. The van der Waals surface area contributed by atoms with Gasteiger partial charge in [0.1, 0.15) is 0 Å². The quantitative estimate of drug-likeness (QED) is 0.289. The summed E-state index contributed by atoms with van der Waals surface area (Å²) in [5.41, 5.74) is 1.02. The zero-order valence-corrected chi connectivity index (χ0v) is 20.3. The van der Waals surface area contributed by atoms with E-state index >= 15 is 0 Å². The standard InChI is InChI=1S/C23H17Cl2N3O5S/c1-3-33-22(30)19-12(2)26-23-27(20(19)14-5-4-6-15(11-14)28(31)32)21(29)18(34-23)10-13-7-8-16(24)17(25)9-13/h4-11,20H,3H2,1-2H3/b18-10+/t20-/m1/s1. The molecular weight excluding hydrogens is 501 g/mol.